The molecule has 108 valence electrons. The number of carbonyl (C=O) groups is 1. The Morgan fingerprint density at radius 3 is 3.05 bits per heavy atom. The zero-order chi connectivity index (χ0) is 14.8. The second-order valence-electron chi connectivity index (χ2n) is 4.55. The standard InChI is InChI=1S/C14H12N2O4S/c17-11(18)4-1-5-16-8-15-13-12(14(16)19)9(7-21-13)10-3-2-6-20-10/h2-3,6-8H,1,4-5H2,(H,17,18). The van der Waals surface area contributed by atoms with Crippen molar-refractivity contribution >= 4 is 27.5 Å². The van der Waals surface area contributed by atoms with Crippen molar-refractivity contribution in [3.63, 3.8) is 0 Å². The first kappa shape index (κ1) is 13.6. The van der Waals surface area contributed by atoms with Crippen LogP contribution in [0.25, 0.3) is 21.5 Å². The van der Waals surface area contributed by atoms with Crippen molar-refractivity contribution < 1.29 is 14.3 Å². The minimum absolute atomic E-state index is 0.0269. The molecule has 0 aromatic carbocycles. The van der Waals surface area contributed by atoms with E-state index in [1.807, 2.05) is 5.38 Å². The Kier molecular flexibility index (Phi) is 3.57. The van der Waals surface area contributed by atoms with Gasteiger partial charge in [-0.15, -0.1) is 11.3 Å². The predicted octanol–water partition coefficient (Wildman–Crippen LogP) is 2.58. The van der Waals surface area contributed by atoms with Crippen LogP contribution in [-0.2, 0) is 11.3 Å². The number of aliphatic carboxylic acids is 1. The number of carboxylic acid groups (broad SMARTS) is 1. The number of thiophene rings is 1. The van der Waals surface area contributed by atoms with E-state index in [2.05, 4.69) is 4.98 Å². The second-order valence-corrected chi connectivity index (χ2v) is 5.41. The molecule has 0 fully saturated rings. The number of rotatable bonds is 5. The molecule has 6 nitrogen and oxygen atoms in total. The van der Waals surface area contributed by atoms with Crippen molar-refractivity contribution in [3.05, 3.63) is 40.5 Å². The molecule has 0 unspecified atom stereocenters. The maximum atomic E-state index is 12.5. The van der Waals surface area contributed by atoms with Gasteiger partial charge in [-0.2, -0.15) is 0 Å². The Hall–Kier alpha value is -2.41. The molecule has 0 radical (unpaired) electrons. The fourth-order valence-corrected chi connectivity index (χ4v) is 3.03. The molecule has 0 spiro atoms. The summed E-state index contributed by atoms with van der Waals surface area (Å²) in [6, 6.07) is 3.56. The zero-order valence-corrected chi connectivity index (χ0v) is 11.8. The van der Waals surface area contributed by atoms with Crippen molar-refractivity contribution in [1.29, 1.82) is 0 Å². The van der Waals surface area contributed by atoms with Crippen LogP contribution in [0.3, 0.4) is 0 Å². The molecule has 21 heavy (non-hydrogen) atoms. The molecule has 1 N–H and O–H groups in total. The summed E-state index contributed by atoms with van der Waals surface area (Å²) >= 11 is 1.39. The number of hydrogen-bond acceptors (Lipinski definition) is 5. The second kappa shape index (κ2) is 5.53. The zero-order valence-electron chi connectivity index (χ0n) is 11.0. The van der Waals surface area contributed by atoms with E-state index in [4.69, 9.17) is 9.52 Å². The molecule has 0 aliphatic heterocycles. The van der Waals surface area contributed by atoms with E-state index in [-0.39, 0.29) is 12.0 Å². The first-order valence-electron chi connectivity index (χ1n) is 6.39. The highest BCUT2D eigenvalue weighted by Crippen LogP contribution is 2.30. The summed E-state index contributed by atoms with van der Waals surface area (Å²) in [5, 5.41) is 11.0. The molecule has 0 atom stereocenters. The normalized spacial score (nSPS) is 11.0. The van der Waals surface area contributed by atoms with E-state index >= 15 is 0 Å². The van der Waals surface area contributed by atoms with Gasteiger partial charge >= 0.3 is 5.97 Å². The number of aryl methyl sites for hydroxylation is 1. The van der Waals surface area contributed by atoms with Gasteiger partial charge < -0.3 is 9.52 Å². The average molecular weight is 304 g/mol. The Morgan fingerprint density at radius 2 is 2.33 bits per heavy atom. The van der Waals surface area contributed by atoms with Crippen LogP contribution in [0.2, 0.25) is 0 Å². The molecule has 3 heterocycles. The summed E-state index contributed by atoms with van der Waals surface area (Å²) in [6.07, 6.45) is 3.44. The van der Waals surface area contributed by atoms with E-state index in [0.29, 0.717) is 28.9 Å². The van der Waals surface area contributed by atoms with Crippen molar-refractivity contribution in [1.82, 2.24) is 9.55 Å². The summed E-state index contributed by atoms with van der Waals surface area (Å²) in [7, 11) is 0. The van der Waals surface area contributed by atoms with Gasteiger partial charge in [0.2, 0.25) is 0 Å². The molecule has 3 aromatic heterocycles. The number of nitrogens with zero attached hydrogens (tertiary/aromatic N) is 2. The monoisotopic (exact) mass is 304 g/mol. The molecule has 0 saturated heterocycles. The van der Waals surface area contributed by atoms with Crippen LogP contribution in [0.5, 0.6) is 0 Å². The Labute approximate surface area is 123 Å². The van der Waals surface area contributed by atoms with Gasteiger partial charge in [0.1, 0.15) is 10.6 Å². The molecule has 0 saturated carbocycles. The quantitative estimate of drug-likeness (QED) is 0.783. The molecule has 3 rings (SSSR count). The highest BCUT2D eigenvalue weighted by molar-refractivity contribution is 7.17. The molecular formula is C14H12N2O4S. The van der Waals surface area contributed by atoms with E-state index in [1.54, 1.807) is 18.4 Å². The number of carboxylic acids is 1. The van der Waals surface area contributed by atoms with Crippen LogP contribution in [0, 0.1) is 0 Å². The summed E-state index contributed by atoms with van der Waals surface area (Å²) < 4.78 is 6.80. The lowest BCUT2D eigenvalue weighted by molar-refractivity contribution is -0.137. The summed E-state index contributed by atoms with van der Waals surface area (Å²) in [6.45, 7) is 0.335. The molecule has 7 heteroatoms. The molecule has 3 aromatic rings. The lowest BCUT2D eigenvalue weighted by Gasteiger charge is -2.04. The average Bonchev–Trinajstić information content (AvgIpc) is 3.09. The Morgan fingerprint density at radius 1 is 1.48 bits per heavy atom. The topological polar surface area (TPSA) is 85.3 Å². The minimum atomic E-state index is -0.871. The van der Waals surface area contributed by atoms with Gasteiger partial charge in [-0.05, 0) is 18.6 Å². The van der Waals surface area contributed by atoms with Gasteiger partial charge in [0.05, 0.1) is 18.0 Å². The van der Waals surface area contributed by atoms with Crippen LogP contribution in [0.15, 0.2) is 39.3 Å². The third kappa shape index (κ3) is 2.59. The Bertz CT molecular complexity index is 832. The highest BCUT2D eigenvalue weighted by atomic mass is 32.1. The summed E-state index contributed by atoms with van der Waals surface area (Å²) in [4.78, 5) is 28.0. The van der Waals surface area contributed by atoms with Crippen LogP contribution >= 0.6 is 11.3 Å². The Balaban J connectivity index is 2.01. The van der Waals surface area contributed by atoms with E-state index in [9.17, 15) is 9.59 Å². The first-order valence-corrected chi connectivity index (χ1v) is 7.27. The van der Waals surface area contributed by atoms with Crippen LogP contribution < -0.4 is 5.56 Å². The lowest BCUT2D eigenvalue weighted by atomic mass is 10.2. The van der Waals surface area contributed by atoms with Gasteiger partial charge in [-0.3, -0.25) is 14.2 Å². The van der Waals surface area contributed by atoms with Gasteiger partial charge in [0.25, 0.3) is 5.56 Å². The smallest absolute Gasteiger partial charge is 0.303 e. The van der Waals surface area contributed by atoms with Crippen molar-refractivity contribution in [3.8, 4) is 11.3 Å². The lowest BCUT2D eigenvalue weighted by Crippen LogP contribution is -2.20. The van der Waals surface area contributed by atoms with E-state index in [1.165, 1.54) is 22.2 Å². The highest BCUT2D eigenvalue weighted by Gasteiger charge is 2.14. The maximum absolute atomic E-state index is 12.5. The third-order valence-corrected chi connectivity index (χ3v) is 4.02. The molecule has 0 aliphatic carbocycles. The van der Waals surface area contributed by atoms with Gasteiger partial charge in [-0.1, -0.05) is 0 Å². The predicted molar refractivity (Wildman–Crippen MR) is 78.5 cm³/mol. The summed E-state index contributed by atoms with van der Waals surface area (Å²) in [5.41, 5.74) is 0.558. The molecule has 0 amide bonds. The van der Waals surface area contributed by atoms with E-state index in [0.717, 1.165) is 5.56 Å². The largest absolute Gasteiger partial charge is 0.481 e. The molecular weight excluding hydrogens is 292 g/mol. The molecule has 0 bridgehead atoms. The van der Waals surface area contributed by atoms with Crippen LogP contribution in [-0.4, -0.2) is 20.6 Å². The molecule has 0 aliphatic rings. The minimum Gasteiger partial charge on any atom is -0.481 e. The van der Waals surface area contributed by atoms with Crippen molar-refractivity contribution in [2.45, 2.75) is 19.4 Å². The number of aromatic nitrogens is 2. The third-order valence-electron chi connectivity index (χ3n) is 3.14. The first-order chi connectivity index (χ1) is 10.2. The number of furan rings is 1. The van der Waals surface area contributed by atoms with Crippen LogP contribution in [0.4, 0.5) is 0 Å². The van der Waals surface area contributed by atoms with Gasteiger partial charge in [0.15, 0.2) is 0 Å². The summed E-state index contributed by atoms with van der Waals surface area (Å²) in [5.74, 6) is -0.243. The van der Waals surface area contributed by atoms with Gasteiger partial charge in [-0.25, -0.2) is 4.98 Å². The fourth-order valence-electron chi connectivity index (χ4n) is 2.14. The SMILES string of the molecule is O=C(O)CCCn1cnc2scc(-c3ccco3)c2c1=O. The van der Waals surface area contributed by atoms with Crippen molar-refractivity contribution in [2.75, 3.05) is 0 Å². The fraction of sp³-hybridized carbons (Fsp3) is 0.214. The number of fused-ring (bicyclic) bond motifs is 1. The van der Waals surface area contributed by atoms with E-state index < -0.39 is 5.97 Å². The van der Waals surface area contributed by atoms with Gasteiger partial charge in [0, 0.05) is 23.9 Å². The van der Waals surface area contributed by atoms with Crippen LogP contribution in [0.1, 0.15) is 12.8 Å². The maximum Gasteiger partial charge on any atom is 0.303 e. The van der Waals surface area contributed by atoms with Crippen molar-refractivity contribution in [2.24, 2.45) is 0 Å². The number of hydrogen-bond donors (Lipinski definition) is 1.